The second kappa shape index (κ2) is 2.81. The van der Waals surface area contributed by atoms with E-state index in [1.807, 2.05) is 0 Å². The molecule has 2 aliphatic carbocycles. The monoisotopic (exact) mass is 202 g/mol. The largest absolute Gasteiger partial charge is 0.618 e. The molecule has 1 fully saturated rings. The van der Waals surface area contributed by atoms with Gasteiger partial charge >= 0.3 is 0 Å². The maximum atomic E-state index is 11.7. The number of aromatic nitrogens is 2. The van der Waals surface area contributed by atoms with Crippen LogP contribution >= 0.6 is 0 Å². The smallest absolute Gasteiger partial charge is 0.222 e. The van der Waals surface area contributed by atoms with E-state index in [2.05, 4.69) is 18.8 Å². The van der Waals surface area contributed by atoms with Crippen molar-refractivity contribution < 1.29 is 4.73 Å². The topological polar surface area (TPSA) is 39.8 Å². The zero-order valence-electron chi connectivity index (χ0n) is 9.03. The minimum Gasteiger partial charge on any atom is -0.618 e. The van der Waals surface area contributed by atoms with E-state index in [4.69, 9.17) is 0 Å². The lowest BCUT2D eigenvalue weighted by atomic mass is 10.00. The molecular formula is C12H14N2O. The molecule has 2 unspecified atom stereocenters. The SMILES string of the molecule is CC(C)=C1C2CCC1c1c2ncc[n+]1[O-]. The third kappa shape index (κ3) is 1.01. The van der Waals surface area contributed by atoms with Crippen LogP contribution in [0.2, 0.25) is 0 Å². The van der Waals surface area contributed by atoms with Crippen LogP contribution in [0, 0.1) is 5.21 Å². The van der Waals surface area contributed by atoms with Crippen molar-refractivity contribution in [3.8, 4) is 0 Å². The summed E-state index contributed by atoms with van der Waals surface area (Å²) in [5.74, 6) is 0.776. The molecule has 2 aliphatic rings. The van der Waals surface area contributed by atoms with Gasteiger partial charge in [0.2, 0.25) is 5.69 Å². The zero-order chi connectivity index (χ0) is 10.6. The van der Waals surface area contributed by atoms with E-state index in [-0.39, 0.29) is 0 Å². The van der Waals surface area contributed by atoms with Gasteiger partial charge in [0, 0.05) is 5.92 Å². The highest BCUT2D eigenvalue weighted by Crippen LogP contribution is 2.55. The van der Waals surface area contributed by atoms with E-state index >= 15 is 0 Å². The lowest BCUT2D eigenvalue weighted by Crippen LogP contribution is -2.33. The Morgan fingerprint density at radius 2 is 2.13 bits per heavy atom. The second-order valence-electron chi connectivity index (χ2n) is 4.66. The highest BCUT2D eigenvalue weighted by molar-refractivity contribution is 5.46. The molecule has 3 rings (SSSR count). The Hall–Kier alpha value is -1.38. The molecule has 1 aromatic rings. The maximum absolute atomic E-state index is 11.7. The van der Waals surface area contributed by atoms with Crippen molar-refractivity contribution in [3.05, 3.63) is 40.1 Å². The third-order valence-electron chi connectivity index (χ3n) is 3.65. The van der Waals surface area contributed by atoms with Crippen molar-refractivity contribution >= 4 is 0 Å². The summed E-state index contributed by atoms with van der Waals surface area (Å²) in [5, 5.41) is 11.7. The fraction of sp³-hybridized carbons (Fsp3) is 0.500. The quantitative estimate of drug-likeness (QED) is 0.367. The molecule has 0 spiro atoms. The van der Waals surface area contributed by atoms with Crippen molar-refractivity contribution in [1.29, 1.82) is 0 Å². The van der Waals surface area contributed by atoms with Gasteiger partial charge in [-0.05, 0) is 32.3 Å². The zero-order valence-corrected chi connectivity index (χ0v) is 9.03. The van der Waals surface area contributed by atoms with Gasteiger partial charge in [-0.3, -0.25) is 0 Å². The molecular weight excluding hydrogens is 188 g/mol. The Morgan fingerprint density at radius 3 is 2.80 bits per heavy atom. The van der Waals surface area contributed by atoms with Crippen LogP contribution in [0.3, 0.4) is 0 Å². The minimum atomic E-state index is 0.348. The van der Waals surface area contributed by atoms with Crippen molar-refractivity contribution in [3.63, 3.8) is 0 Å². The summed E-state index contributed by atoms with van der Waals surface area (Å²) in [6, 6.07) is 0. The molecule has 0 amide bonds. The first-order valence-corrected chi connectivity index (χ1v) is 5.45. The molecule has 78 valence electrons. The van der Waals surface area contributed by atoms with Gasteiger partial charge < -0.3 is 5.21 Å². The fourth-order valence-electron chi connectivity index (χ4n) is 3.19. The molecule has 0 radical (unpaired) electrons. The molecule has 0 saturated heterocycles. The molecule has 0 aliphatic heterocycles. The molecule has 15 heavy (non-hydrogen) atoms. The summed E-state index contributed by atoms with van der Waals surface area (Å²) < 4.78 is 1.01. The number of hydrogen-bond donors (Lipinski definition) is 0. The van der Waals surface area contributed by atoms with Crippen LogP contribution in [-0.4, -0.2) is 4.98 Å². The van der Waals surface area contributed by atoms with E-state index in [9.17, 15) is 5.21 Å². The van der Waals surface area contributed by atoms with E-state index in [1.54, 1.807) is 6.20 Å². The summed E-state index contributed by atoms with van der Waals surface area (Å²) in [6.45, 7) is 4.28. The van der Waals surface area contributed by atoms with Crippen LogP contribution in [0.5, 0.6) is 0 Å². The van der Waals surface area contributed by atoms with Gasteiger partial charge in [-0.2, -0.15) is 4.73 Å². The molecule has 0 aromatic carbocycles. The van der Waals surface area contributed by atoms with Crippen molar-refractivity contribution in [2.24, 2.45) is 0 Å². The fourth-order valence-corrected chi connectivity index (χ4v) is 3.19. The molecule has 3 heteroatoms. The van der Waals surface area contributed by atoms with Crippen molar-refractivity contribution in [2.75, 3.05) is 0 Å². The standard InChI is InChI=1S/C12H14N2O/c1-7(2)10-8-3-4-9(10)12-11(8)13-5-6-14(12)15/h5-6,8-9H,3-4H2,1-2H3. The normalized spacial score (nSPS) is 26.9. The summed E-state index contributed by atoms with van der Waals surface area (Å²) in [4.78, 5) is 4.38. The molecule has 1 heterocycles. The average molecular weight is 202 g/mol. The Morgan fingerprint density at radius 1 is 1.40 bits per heavy atom. The van der Waals surface area contributed by atoms with E-state index in [1.165, 1.54) is 17.3 Å². The summed E-state index contributed by atoms with van der Waals surface area (Å²) in [6.07, 6.45) is 5.42. The highest BCUT2D eigenvalue weighted by atomic mass is 16.5. The first-order valence-electron chi connectivity index (χ1n) is 5.45. The van der Waals surface area contributed by atoms with E-state index in [0.717, 1.165) is 29.0 Å². The molecule has 1 saturated carbocycles. The van der Waals surface area contributed by atoms with E-state index < -0.39 is 0 Å². The Balaban J connectivity index is 2.26. The van der Waals surface area contributed by atoms with Gasteiger partial charge in [-0.1, -0.05) is 5.57 Å². The van der Waals surface area contributed by atoms with Gasteiger partial charge in [0.05, 0.1) is 12.1 Å². The molecule has 1 aromatic heterocycles. The number of rotatable bonds is 0. The Labute approximate surface area is 89.0 Å². The molecule has 2 bridgehead atoms. The van der Waals surface area contributed by atoms with Gasteiger partial charge in [0.1, 0.15) is 5.69 Å². The molecule has 3 nitrogen and oxygen atoms in total. The van der Waals surface area contributed by atoms with Gasteiger partial charge in [0.15, 0.2) is 6.20 Å². The predicted molar refractivity (Wildman–Crippen MR) is 56.3 cm³/mol. The number of nitrogens with zero attached hydrogens (tertiary/aromatic N) is 2. The first kappa shape index (κ1) is 8.89. The second-order valence-corrected chi connectivity index (χ2v) is 4.66. The highest BCUT2D eigenvalue weighted by Gasteiger charge is 2.48. The minimum absolute atomic E-state index is 0.348. The van der Waals surface area contributed by atoms with Crippen LogP contribution in [0.25, 0.3) is 0 Å². The number of allylic oxidation sites excluding steroid dienone is 2. The van der Waals surface area contributed by atoms with Crippen molar-refractivity contribution in [2.45, 2.75) is 38.5 Å². The van der Waals surface area contributed by atoms with Crippen LogP contribution in [-0.2, 0) is 0 Å². The van der Waals surface area contributed by atoms with Gasteiger partial charge in [0.25, 0.3) is 0 Å². The van der Waals surface area contributed by atoms with E-state index in [0.29, 0.717) is 11.8 Å². The van der Waals surface area contributed by atoms with Crippen LogP contribution in [0.4, 0.5) is 0 Å². The average Bonchev–Trinajstić information content (AvgIpc) is 2.73. The van der Waals surface area contributed by atoms with Crippen LogP contribution < -0.4 is 4.73 Å². The predicted octanol–water partition coefficient (Wildman–Crippen LogP) is 2.03. The number of hydrogen-bond acceptors (Lipinski definition) is 2. The Bertz CT molecular complexity index is 461. The number of fused-ring (bicyclic) bond motifs is 5. The first-order chi connectivity index (χ1) is 7.20. The van der Waals surface area contributed by atoms with Crippen molar-refractivity contribution in [1.82, 2.24) is 4.98 Å². The Kier molecular flexibility index (Phi) is 1.67. The van der Waals surface area contributed by atoms with Gasteiger partial charge in [-0.25, -0.2) is 4.98 Å². The molecule has 2 atom stereocenters. The van der Waals surface area contributed by atoms with Gasteiger partial charge in [-0.15, -0.1) is 0 Å². The van der Waals surface area contributed by atoms with Crippen LogP contribution in [0.1, 0.15) is 49.9 Å². The lowest BCUT2D eigenvalue weighted by Gasteiger charge is -2.11. The summed E-state index contributed by atoms with van der Waals surface area (Å²) in [7, 11) is 0. The van der Waals surface area contributed by atoms with Crippen LogP contribution in [0.15, 0.2) is 23.5 Å². The summed E-state index contributed by atoms with van der Waals surface area (Å²) in [5.41, 5.74) is 4.75. The summed E-state index contributed by atoms with van der Waals surface area (Å²) >= 11 is 0. The lowest BCUT2D eigenvalue weighted by molar-refractivity contribution is -0.615. The third-order valence-corrected chi connectivity index (χ3v) is 3.65. The maximum Gasteiger partial charge on any atom is 0.222 e. The molecule has 0 N–H and O–H groups in total.